The van der Waals surface area contributed by atoms with E-state index in [2.05, 4.69) is 5.10 Å². The SMILES string of the molecule is COc1cccc(-c2cc(N)n(C)n2)c1OC1CCSCC1. The number of aromatic nitrogens is 2. The zero-order chi connectivity index (χ0) is 15.5. The molecule has 5 nitrogen and oxygen atoms in total. The van der Waals surface area contributed by atoms with Crippen LogP contribution >= 0.6 is 11.8 Å². The van der Waals surface area contributed by atoms with Crippen LogP contribution in [0.5, 0.6) is 11.5 Å². The summed E-state index contributed by atoms with van der Waals surface area (Å²) in [6.45, 7) is 0. The van der Waals surface area contributed by atoms with Crippen molar-refractivity contribution in [3.8, 4) is 22.8 Å². The van der Waals surface area contributed by atoms with Crippen LogP contribution in [0.15, 0.2) is 24.3 Å². The summed E-state index contributed by atoms with van der Waals surface area (Å²) < 4.78 is 13.4. The molecule has 1 aromatic heterocycles. The van der Waals surface area contributed by atoms with Crippen molar-refractivity contribution in [1.29, 1.82) is 0 Å². The van der Waals surface area contributed by atoms with E-state index in [0.717, 1.165) is 47.1 Å². The normalized spacial score (nSPS) is 15.7. The highest BCUT2D eigenvalue weighted by Crippen LogP contribution is 2.39. The third-order valence-electron chi connectivity index (χ3n) is 3.84. The van der Waals surface area contributed by atoms with Gasteiger partial charge in [0.05, 0.1) is 12.8 Å². The van der Waals surface area contributed by atoms with Gasteiger partial charge in [0.15, 0.2) is 11.5 Å². The highest BCUT2D eigenvalue weighted by molar-refractivity contribution is 7.99. The third-order valence-corrected chi connectivity index (χ3v) is 4.89. The number of thioether (sulfide) groups is 1. The van der Waals surface area contributed by atoms with Crippen molar-refractivity contribution >= 4 is 17.6 Å². The lowest BCUT2D eigenvalue weighted by molar-refractivity contribution is 0.185. The van der Waals surface area contributed by atoms with Crippen LogP contribution in [-0.2, 0) is 7.05 Å². The Hall–Kier alpha value is -1.82. The summed E-state index contributed by atoms with van der Waals surface area (Å²) in [5, 5.41) is 4.46. The molecule has 3 rings (SSSR count). The summed E-state index contributed by atoms with van der Waals surface area (Å²) in [5.74, 6) is 4.41. The molecule has 1 aliphatic rings. The molecule has 0 spiro atoms. The number of nitrogens with zero attached hydrogens (tertiary/aromatic N) is 2. The second kappa shape index (κ2) is 6.52. The fourth-order valence-corrected chi connectivity index (χ4v) is 3.64. The minimum absolute atomic E-state index is 0.234. The van der Waals surface area contributed by atoms with Crippen LogP contribution in [0.25, 0.3) is 11.3 Å². The van der Waals surface area contributed by atoms with Gasteiger partial charge >= 0.3 is 0 Å². The average molecular weight is 319 g/mol. The summed E-state index contributed by atoms with van der Waals surface area (Å²) in [4.78, 5) is 0. The zero-order valence-corrected chi connectivity index (χ0v) is 13.7. The molecule has 1 saturated heterocycles. The lowest BCUT2D eigenvalue weighted by atomic mass is 10.1. The summed E-state index contributed by atoms with van der Waals surface area (Å²) in [6, 6.07) is 7.72. The molecule has 2 heterocycles. The van der Waals surface area contributed by atoms with E-state index in [9.17, 15) is 0 Å². The molecule has 0 bridgehead atoms. The van der Waals surface area contributed by atoms with Crippen molar-refractivity contribution in [2.24, 2.45) is 7.05 Å². The van der Waals surface area contributed by atoms with E-state index in [0.29, 0.717) is 5.82 Å². The standard InChI is InChI=1S/C16H21N3O2S/c1-19-15(17)10-13(18-19)12-4-3-5-14(20-2)16(12)21-11-6-8-22-9-7-11/h3-5,10-11H,6-9,17H2,1-2H3. The maximum absolute atomic E-state index is 6.28. The summed E-state index contributed by atoms with van der Waals surface area (Å²) in [5.41, 5.74) is 7.63. The van der Waals surface area contributed by atoms with Gasteiger partial charge in [-0.05, 0) is 36.5 Å². The Balaban J connectivity index is 1.98. The maximum Gasteiger partial charge on any atom is 0.171 e. The number of nitrogens with two attached hydrogens (primary N) is 1. The zero-order valence-electron chi connectivity index (χ0n) is 12.9. The predicted octanol–water partition coefficient (Wildman–Crippen LogP) is 2.95. The van der Waals surface area contributed by atoms with Gasteiger partial charge in [-0.1, -0.05) is 6.07 Å². The Morgan fingerprint density at radius 3 is 2.73 bits per heavy atom. The van der Waals surface area contributed by atoms with Gasteiger partial charge in [-0.25, -0.2) is 0 Å². The molecule has 1 fully saturated rings. The number of aryl methyl sites for hydroxylation is 1. The monoisotopic (exact) mass is 319 g/mol. The molecule has 0 saturated carbocycles. The number of hydrogen-bond donors (Lipinski definition) is 1. The van der Waals surface area contributed by atoms with Gasteiger partial charge in [-0.3, -0.25) is 4.68 Å². The smallest absolute Gasteiger partial charge is 0.171 e. The van der Waals surface area contributed by atoms with Crippen LogP contribution in [0, 0.1) is 0 Å². The second-order valence-corrected chi connectivity index (χ2v) is 6.57. The van der Waals surface area contributed by atoms with E-state index in [1.165, 1.54) is 0 Å². The van der Waals surface area contributed by atoms with Crippen molar-refractivity contribution in [2.45, 2.75) is 18.9 Å². The van der Waals surface area contributed by atoms with E-state index in [-0.39, 0.29) is 6.10 Å². The fraction of sp³-hybridized carbons (Fsp3) is 0.438. The number of benzene rings is 1. The highest BCUT2D eigenvalue weighted by Gasteiger charge is 2.21. The fourth-order valence-electron chi connectivity index (χ4n) is 2.57. The molecule has 0 amide bonds. The Kier molecular flexibility index (Phi) is 4.47. The number of para-hydroxylation sites is 1. The molecule has 0 aliphatic carbocycles. The van der Waals surface area contributed by atoms with Gasteiger partial charge in [0.25, 0.3) is 0 Å². The number of ether oxygens (including phenoxy) is 2. The van der Waals surface area contributed by atoms with Gasteiger partial charge in [0.1, 0.15) is 11.9 Å². The highest BCUT2D eigenvalue weighted by atomic mass is 32.2. The van der Waals surface area contributed by atoms with Gasteiger partial charge in [0.2, 0.25) is 0 Å². The Morgan fingerprint density at radius 1 is 1.32 bits per heavy atom. The van der Waals surface area contributed by atoms with Gasteiger partial charge in [-0.2, -0.15) is 16.9 Å². The first-order valence-corrected chi connectivity index (χ1v) is 8.56. The van der Waals surface area contributed by atoms with Crippen LogP contribution < -0.4 is 15.2 Å². The van der Waals surface area contributed by atoms with Gasteiger partial charge in [0, 0.05) is 18.7 Å². The Bertz CT molecular complexity index is 631. The van der Waals surface area contributed by atoms with E-state index < -0.39 is 0 Å². The van der Waals surface area contributed by atoms with Gasteiger partial charge < -0.3 is 15.2 Å². The first kappa shape index (κ1) is 15.1. The average Bonchev–Trinajstić information content (AvgIpc) is 2.88. The van der Waals surface area contributed by atoms with Crippen molar-refractivity contribution in [2.75, 3.05) is 24.3 Å². The lowest BCUT2D eigenvalue weighted by Gasteiger charge is -2.25. The lowest BCUT2D eigenvalue weighted by Crippen LogP contribution is -2.22. The number of hydrogen-bond acceptors (Lipinski definition) is 5. The van der Waals surface area contributed by atoms with Crippen molar-refractivity contribution < 1.29 is 9.47 Å². The molecule has 118 valence electrons. The van der Waals surface area contributed by atoms with E-state index in [4.69, 9.17) is 15.2 Å². The topological polar surface area (TPSA) is 62.3 Å². The molecule has 0 unspecified atom stereocenters. The number of methoxy groups -OCH3 is 1. The summed E-state index contributed by atoms with van der Waals surface area (Å²) in [7, 11) is 3.49. The van der Waals surface area contributed by atoms with E-state index >= 15 is 0 Å². The van der Waals surface area contributed by atoms with Crippen LogP contribution in [0.1, 0.15) is 12.8 Å². The second-order valence-electron chi connectivity index (χ2n) is 5.34. The molecule has 1 aromatic carbocycles. The minimum atomic E-state index is 0.234. The molecule has 0 atom stereocenters. The number of nitrogen functional groups attached to an aromatic ring is 1. The molecular weight excluding hydrogens is 298 g/mol. The van der Waals surface area contributed by atoms with Crippen molar-refractivity contribution in [3.63, 3.8) is 0 Å². The van der Waals surface area contributed by atoms with Crippen LogP contribution in [-0.4, -0.2) is 34.5 Å². The van der Waals surface area contributed by atoms with Crippen LogP contribution in [0.2, 0.25) is 0 Å². The molecule has 1 aliphatic heterocycles. The summed E-state index contributed by atoms with van der Waals surface area (Å²) >= 11 is 1.98. The van der Waals surface area contributed by atoms with Crippen molar-refractivity contribution in [1.82, 2.24) is 9.78 Å². The van der Waals surface area contributed by atoms with E-state index in [1.54, 1.807) is 11.8 Å². The predicted molar refractivity (Wildman–Crippen MR) is 90.6 cm³/mol. The molecule has 2 aromatic rings. The molecule has 0 radical (unpaired) electrons. The molecule has 22 heavy (non-hydrogen) atoms. The van der Waals surface area contributed by atoms with Crippen LogP contribution in [0.4, 0.5) is 5.82 Å². The Morgan fingerprint density at radius 2 is 2.09 bits per heavy atom. The third kappa shape index (κ3) is 3.02. The van der Waals surface area contributed by atoms with Crippen LogP contribution in [0.3, 0.4) is 0 Å². The van der Waals surface area contributed by atoms with Crippen molar-refractivity contribution in [3.05, 3.63) is 24.3 Å². The van der Waals surface area contributed by atoms with Gasteiger partial charge in [-0.15, -0.1) is 0 Å². The molecule has 6 heteroatoms. The summed E-state index contributed by atoms with van der Waals surface area (Å²) in [6.07, 6.45) is 2.36. The molecule has 2 N–H and O–H groups in total. The maximum atomic E-state index is 6.28. The minimum Gasteiger partial charge on any atom is -0.493 e. The van der Waals surface area contributed by atoms with E-state index in [1.807, 2.05) is 43.1 Å². The number of anilines is 1. The number of rotatable bonds is 4. The first-order valence-electron chi connectivity index (χ1n) is 7.40. The Labute approximate surface area is 134 Å². The molecular formula is C16H21N3O2S. The largest absolute Gasteiger partial charge is 0.493 e. The first-order chi connectivity index (χ1) is 10.7. The quantitative estimate of drug-likeness (QED) is 0.939.